The lowest BCUT2D eigenvalue weighted by Gasteiger charge is -2.24. The summed E-state index contributed by atoms with van der Waals surface area (Å²) in [6.45, 7) is 2.56. The first-order valence-electron chi connectivity index (χ1n) is 7.70. The fraction of sp³-hybridized carbons (Fsp3) is 0.588. The molecule has 0 spiro atoms. The van der Waals surface area contributed by atoms with Crippen LogP contribution in [0.4, 0.5) is 0 Å². The van der Waals surface area contributed by atoms with Crippen LogP contribution in [0.25, 0.3) is 0 Å². The number of nitrogens with zero attached hydrogens (tertiary/aromatic N) is 1. The van der Waals surface area contributed by atoms with Crippen molar-refractivity contribution in [3.63, 3.8) is 0 Å². The van der Waals surface area contributed by atoms with E-state index in [1.54, 1.807) is 19.1 Å². The lowest BCUT2D eigenvalue weighted by atomic mass is 10.0. The van der Waals surface area contributed by atoms with Crippen molar-refractivity contribution in [3.05, 3.63) is 23.3 Å². The van der Waals surface area contributed by atoms with Crippen molar-refractivity contribution in [2.75, 3.05) is 21.3 Å². The molecule has 1 fully saturated rings. The zero-order valence-corrected chi connectivity index (χ0v) is 13.9. The Morgan fingerprint density at radius 3 is 2.45 bits per heavy atom. The molecule has 1 aromatic rings. The SMILES string of the molecule is COc1cc(C)c(CN(C)C(=O)[C@@H]2CCC[C@@H]2N)cc1OC. The molecule has 1 aliphatic carbocycles. The van der Waals surface area contributed by atoms with Gasteiger partial charge in [0, 0.05) is 19.6 Å². The summed E-state index contributed by atoms with van der Waals surface area (Å²) in [5.74, 6) is 1.49. The molecule has 0 heterocycles. The fourth-order valence-electron chi connectivity index (χ4n) is 3.10. The lowest BCUT2D eigenvalue weighted by molar-refractivity contribution is -0.134. The van der Waals surface area contributed by atoms with E-state index >= 15 is 0 Å². The van der Waals surface area contributed by atoms with Gasteiger partial charge in [-0.25, -0.2) is 0 Å². The average molecular weight is 306 g/mol. The topological polar surface area (TPSA) is 64.8 Å². The number of benzene rings is 1. The first-order chi connectivity index (χ1) is 10.5. The summed E-state index contributed by atoms with van der Waals surface area (Å²) < 4.78 is 10.6. The highest BCUT2D eigenvalue weighted by Gasteiger charge is 2.32. The van der Waals surface area contributed by atoms with Crippen LogP contribution in [-0.4, -0.2) is 38.1 Å². The summed E-state index contributed by atoms with van der Waals surface area (Å²) >= 11 is 0. The Kier molecular flexibility index (Phi) is 5.29. The fourth-order valence-corrected chi connectivity index (χ4v) is 3.10. The van der Waals surface area contributed by atoms with Gasteiger partial charge in [0.25, 0.3) is 0 Å². The number of carbonyl (C=O) groups excluding carboxylic acids is 1. The standard InChI is InChI=1S/C17H26N2O3/c1-11-8-15(21-3)16(22-4)9-12(11)10-19(2)17(20)13-6-5-7-14(13)18/h8-9,13-14H,5-7,10,18H2,1-4H3/t13-,14+/m1/s1. The zero-order valence-electron chi connectivity index (χ0n) is 13.9. The molecule has 22 heavy (non-hydrogen) atoms. The first kappa shape index (κ1) is 16.6. The van der Waals surface area contributed by atoms with Crippen LogP contribution in [0.1, 0.15) is 30.4 Å². The monoisotopic (exact) mass is 306 g/mol. The molecular formula is C17H26N2O3. The third-order valence-corrected chi connectivity index (χ3v) is 4.51. The molecule has 5 heteroatoms. The van der Waals surface area contributed by atoms with E-state index in [1.807, 2.05) is 26.1 Å². The Morgan fingerprint density at radius 1 is 1.27 bits per heavy atom. The smallest absolute Gasteiger partial charge is 0.227 e. The van der Waals surface area contributed by atoms with Crippen molar-refractivity contribution >= 4 is 5.91 Å². The van der Waals surface area contributed by atoms with Crippen molar-refractivity contribution in [2.45, 2.75) is 38.8 Å². The molecule has 2 atom stereocenters. The van der Waals surface area contributed by atoms with Gasteiger partial charge < -0.3 is 20.1 Å². The van der Waals surface area contributed by atoms with Gasteiger partial charge in [-0.3, -0.25) is 4.79 Å². The van der Waals surface area contributed by atoms with Gasteiger partial charge in [-0.05, 0) is 43.0 Å². The Hall–Kier alpha value is -1.75. The number of nitrogens with two attached hydrogens (primary N) is 1. The highest BCUT2D eigenvalue weighted by atomic mass is 16.5. The maximum Gasteiger partial charge on any atom is 0.227 e. The van der Waals surface area contributed by atoms with Crippen LogP contribution in [0.5, 0.6) is 11.5 Å². The van der Waals surface area contributed by atoms with Crippen molar-refractivity contribution in [3.8, 4) is 11.5 Å². The quantitative estimate of drug-likeness (QED) is 0.905. The number of rotatable bonds is 5. The number of ether oxygens (including phenoxy) is 2. The molecule has 5 nitrogen and oxygen atoms in total. The molecule has 1 saturated carbocycles. The minimum Gasteiger partial charge on any atom is -0.493 e. The minimum atomic E-state index is -0.0366. The van der Waals surface area contributed by atoms with Gasteiger partial charge in [0.1, 0.15) is 0 Å². The molecular weight excluding hydrogens is 280 g/mol. The summed E-state index contributed by atoms with van der Waals surface area (Å²) in [6, 6.07) is 3.88. The van der Waals surface area contributed by atoms with Crippen LogP contribution in [0.15, 0.2) is 12.1 Å². The van der Waals surface area contributed by atoms with Crippen molar-refractivity contribution in [1.82, 2.24) is 4.90 Å². The third-order valence-electron chi connectivity index (χ3n) is 4.51. The Balaban J connectivity index is 2.14. The molecule has 2 N–H and O–H groups in total. The van der Waals surface area contributed by atoms with E-state index in [2.05, 4.69) is 0 Å². The summed E-state index contributed by atoms with van der Waals surface area (Å²) in [4.78, 5) is 14.3. The highest BCUT2D eigenvalue weighted by molar-refractivity contribution is 5.79. The van der Waals surface area contributed by atoms with Gasteiger partial charge in [0.2, 0.25) is 5.91 Å². The molecule has 122 valence electrons. The first-order valence-corrected chi connectivity index (χ1v) is 7.70. The average Bonchev–Trinajstić information content (AvgIpc) is 2.93. The Morgan fingerprint density at radius 2 is 1.91 bits per heavy atom. The molecule has 0 radical (unpaired) electrons. The van der Waals surface area contributed by atoms with Crippen LogP contribution in [0.3, 0.4) is 0 Å². The van der Waals surface area contributed by atoms with Gasteiger partial charge >= 0.3 is 0 Å². The van der Waals surface area contributed by atoms with Crippen LogP contribution < -0.4 is 15.2 Å². The van der Waals surface area contributed by atoms with Crippen molar-refractivity contribution < 1.29 is 14.3 Å². The zero-order chi connectivity index (χ0) is 16.3. The van der Waals surface area contributed by atoms with E-state index in [1.165, 1.54) is 0 Å². The molecule has 0 bridgehead atoms. The van der Waals surface area contributed by atoms with Crippen LogP contribution in [0.2, 0.25) is 0 Å². The molecule has 0 aromatic heterocycles. The molecule has 0 saturated heterocycles. The van der Waals surface area contributed by atoms with Crippen molar-refractivity contribution in [1.29, 1.82) is 0 Å². The number of aryl methyl sites for hydroxylation is 1. The van der Waals surface area contributed by atoms with E-state index in [9.17, 15) is 4.79 Å². The molecule has 2 rings (SSSR count). The second kappa shape index (κ2) is 7.01. The second-order valence-corrected chi connectivity index (χ2v) is 6.03. The minimum absolute atomic E-state index is 0.00134. The number of methoxy groups -OCH3 is 2. The van der Waals surface area contributed by atoms with Gasteiger partial charge in [0.05, 0.1) is 20.1 Å². The number of carbonyl (C=O) groups is 1. The number of amides is 1. The van der Waals surface area contributed by atoms with Crippen LogP contribution in [-0.2, 0) is 11.3 Å². The largest absolute Gasteiger partial charge is 0.493 e. The van der Waals surface area contributed by atoms with E-state index in [0.717, 1.165) is 30.4 Å². The number of hydrogen-bond acceptors (Lipinski definition) is 4. The molecule has 1 aliphatic rings. The predicted molar refractivity (Wildman–Crippen MR) is 86.1 cm³/mol. The molecule has 0 aliphatic heterocycles. The van der Waals surface area contributed by atoms with Crippen LogP contribution in [0, 0.1) is 12.8 Å². The van der Waals surface area contributed by atoms with E-state index in [0.29, 0.717) is 18.0 Å². The molecule has 1 amide bonds. The van der Waals surface area contributed by atoms with Crippen LogP contribution >= 0.6 is 0 Å². The maximum atomic E-state index is 12.5. The second-order valence-electron chi connectivity index (χ2n) is 6.03. The summed E-state index contributed by atoms with van der Waals surface area (Å²) in [5, 5.41) is 0. The maximum absolute atomic E-state index is 12.5. The van der Waals surface area contributed by atoms with Gasteiger partial charge in [-0.2, -0.15) is 0 Å². The highest BCUT2D eigenvalue weighted by Crippen LogP contribution is 2.31. The Bertz CT molecular complexity index is 545. The normalized spacial score (nSPS) is 20.8. The predicted octanol–water partition coefficient (Wildman–Crippen LogP) is 2.10. The van der Waals surface area contributed by atoms with E-state index in [4.69, 9.17) is 15.2 Å². The van der Waals surface area contributed by atoms with E-state index in [-0.39, 0.29) is 17.9 Å². The third kappa shape index (κ3) is 3.35. The summed E-state index contributed by atoms with van der Waals surface area (Å²) in [5.41, 5.74) is 8.17. The molecule has 0 unspecified atom stereocenters. The lowest BCUT2D eigenvalue weighted by Crippen LogP contribution is -2.39. The summed E-state index contributed by atoms with van der Waals surface area (Å²) in [7, 11) is 5.07. The van der Waals surface area contributed by atoms with Gasteiger partial charge in [0.15, 0.2) is 11.5 Å². The van der Waals surface area contributed by atoms with Gasteiger partial charge in [-0.1, -0.05) is 6.42 Å². The molecule has 1 aromatic carbocycles. The summed E-state index contributed by atoms with van der Waals surface area (Å²) in [6.07, 6.45) is 2.88. The van der Waals surface area contributed by atoms with E-state index < -0.39 is 0 Å². The number of hydrogen-bond donors (Lipinski definition) is 1. The Labute approximate surface area is 132 Å². The van der Waals surface area contributed by atoms with Gasteiger partial charge in [-0.15, -0.1) is 0 Å². The van der Waals surface area contributed by atoms with Crippen molar-refractivity contribution in [2.24, 2.45) is 11.7 Å².